The molecule has 1 saturated heterocycles. The van der Waals surface area contributed by atoms with E-state index in [1.807, 2.05) is 65.6 Å². The van der Waals surface area contributed by atoms with E-state index in [-0.39, 0.29) is 17.8 Å². The van der Waals surface area contributed by atoms with Crippen LogP contribution < -0.4 is 4.74 Å². The summed E-state index contributed by atoms with van der Waals surface area (Å²) < 4.78 is 18.9. The Balaban J connectivity index is 1.35. The summed E-state index contributed by atoms with van der Waals surface area (Å²) in [5.41, 5.74) is 2.68. The van der Waals surface area contributed by atoms with Crippen LogP contribution in [0.1, 0.15) is 43.7 Å². The fourth-order valence-corrected chi connectivity index (χ4v) is 5.75. The summed E-state index contributed by atoms with van der Waals surface area (Å²) in [6.07, 6.45) is 6.44. The van der Waals surface area contributed by atoms with Crippen LogP contribution in [0.2, 0.25) is 0 Å². The summed E-state index contributed by atoms with van der Waals surface area (Å²) in [4.78, 5) is 21.1. The van der Waals surface area contributed by atoms with Gasteiger partial charge in [0.25, 0.3) is 5.91 Å². The molecule has 1 amide bonds. The molecular formula is C30H29FN2O2S. The van der Waals surface area contributed by atoms with Gasteiger partial charge in [0.15, 0.2) is 5.17 Å². The summed E-state index contributed by atoms with van der Waals surface area (Å²) in [6, 6.07) is 23.9. The number of rotatable bonds is 6. The SMILES string of the molecule is C[C@@H]1CCCC[C@@H]1N1C(=O)/C(=C/c2ccc(OCc3ccc(F)cc3)cc2)SC1=Nc1ccccc1. The highest BCUT2D eigenvalue weighted by molar-refractivity contribution is 8.18. The lowest BCUT2D eigenvalue weighted by Crippen LogP contribution is -2.44. The molecule has 0 unspecified atom stereocenters. The molecule has 3 aromatic carbocycles. The van der Waals surface area contributed by atoms with Crippen molar-refractivity contribution in [3.63, 3.8) is 0 Å². The van der Waals surface area contributed by atoms with Crippen LogP contribution in [0.3, 0.4) is 0 Å². The summed E-state index contributed by atoms with van der Waals surface area (Å²) in [5.74, 6) is 0.936. The summed E-state index contributed by atoms with van der Waals surface area (Å²) in [5, 5.41) is 0.760. The standard InChI is InChI=1S/C30H29FN2O2S/c1-21-7-5-6-10-27(21)33-29(34)28(36-30(33)32-25-8-3-2-4-9-25)19-22-13-17-26(18-14-22)35-20-23-11-15-24(31)16-12-23/h2-4,8-9,11-19,21,27H,5-7,10,20H2,1H3/b28-19-,32-30?/t21-,27+/m1/s1. The number of halogens is 1. The number of hydrogen-bond donors (Lipinski definition) is 0. The monoisotopic (exact) mass is 500 g/mol. The van der Waals surface area contributed by atoms with E-state index in [1.54, 1.807) is 12.1 Å². The van der Waals surface area contributed by atoms with Crippen LogP contribution in [0.4, 0.5) is 10.1 Å². The number of thioether (sulfide) groups is 1. The summed E-state index contributed by atoms with van der Waals surface area (Å²) >= 11 is 1.45. The van der Waals surface area contributed by atoms with E-state index >= 15 is 0 Å². The summed E-state index contributed by atoms with van der Waals surface area (Å²) in [7, 11) is 0. The van der Waals surface area contributed by atoms with Gasteiger partial charge >= 0.3 is 0 Å². The van der Waals surface area contributed by atoms with Crippen LogP contribution >= 0.6 is 11.8 Å². The molecule has 0 N–H and O–H groups in total. The predicted molar refractivity (Wildman–Crippen MR) is 145 cm³/mol. The van der Waals surface area contributed by atoms with Crippen molar-refractivity contribution in [3.05, 3.63) is 101 Å². The van der Waals surface area contributed by atoms with E-state index in [1.165, 1.54) is 30.3 Å². The van der Waals surface area contributed by atoms with E-state index < -0.39 is 0 Å². The average Bonchev–Trinajstić information content (AvgIpc) is 3.19. The molecule has 4 nitrogen and oxygen atoms in total. The zero-order valence-corrected chi connectivity index (χ0v) is 21.1. The van der Waals surface area contributed by atoms with Crippen LogP contribution in [-0.2, 0) is 11.4 Å². The lowest BCUT2D eigenvalue weighted by molar-refractivity contribution is -0.124. The molecule has 0 radical (unpaired) electrons. The normalized spacial score (nSPS) is 22.4. The molecule has 2 aliphatic rings. The molecule has 6 heteroatoms. The largest absolute Gasteiger partial charge is 0.489 e. The average molecular weight is 501 g/mol. The second-order valence-corrected chi connectivity index (χ2v) is 10.3. The molecule has 0 spiro atoms. The predicted octanol–water partition coefficient (Wildman–Crippen LogP) is 7.59. The van der Waals surface area contributed by atoms with Gasteiger partial charge in [0.05, 0.1) is 10.6 Å². The van der Waals surface area contributed by atoms with Crippen molar-refractivity contribution in [2.75, 3.05) is 0 Å². The van der Waals surface area contributed by atoms with Gasteiger partial charge in [-0.05, 0) is 84.1 Å². The molecule has 0 bridgehead atoms. The second kappa shape index (κ2) is 11.1. The van der Waals surface area contributed by atoms with E-state index in [9.17, 15) is 9.18 Å². The Morgan fingerprint density at radius 2 is 1.72 bits per heavy atom. The number of nitrogens with zero attached hydrogens (tertiary/aromatic N) is 2. The number of amidine groups is 1. The number of hydrogen-bond acceptors (Lipinski definition) is 4. The molecule has 2 atom stereocenters. The zero-order chi connectivity index (χ0) is 24.9. The topological polar surface area (TPSA) is 41.9 Å². The van der Waals surface area contributed by atoms with Crippen LogP contribution in [0, 0.1) is 11.7 Å². The minimum absolute atomic E-state index is 0.0325. The molecule has 184 valence electrons. The van der Waals surface area contributed by atoms with Crippen molar-refractivity contribution in [1.29, 1.82) is 0 Å². The van der Waals surface area contributed by atoms with E-state index in [0.29, 0.717) is 17.4 Å². The maximum atomic E-state index is 13.6. The lowest BCUT2D eigenvalue weighted by Gasteiger charge is -2.35. The molecule has 0 aromatic heterocycles. The number of aliphatic imine (C=N–C) groups is 1. The third kappa shape index (κ3) is 5.71. The number of benzene rings is 3. The van der Waals surface area contributed by atoms with Crippen LogP contribution in [-0.4, -0.2) is 22.0 Å². The number of ether oxygens (including phenoxy) is 1. The Bertz CT molecular complexity index is 1260. The number of para-hydroxylation sites is 1. The van der Waals surface area contributed by atoms with Crippen molar-refractivity contribution in [2.24, 2.45) is 10.9 Å². The van der Waals surface area contributed by atoms with Crippen LogP contribution in [0.15, 0.2) is 88.8 Å². The zero-order valence-electron chi connectivity index (χ0n) is 20.3. The molecule has 1 saturated carbocycles. The van der Waals surface area contributed by atoms with Gasteiger partial charge in [-0.25, -0.2) is 9.38 Å². The van der Waals surface area contributed by atoms with E-state index in [4.69, 9.17) is 9.73 Å². The number of carbonyl (C=O) groups excluding carboxylic acids is 1. The van der Waals surface area contributed by atoms with E-state index in [2.05, 4.69) is 6.92 Å². The van der Waals surface area contributed by atoms with Crippen molar-refractivity contribution >= 4 is 34.6 Å². The highest BCUT2D eigenvalue weighted by Gasteiger charge is 2.41. The molecule has 5 rings (SSSR count). The van der Waals surface area contributed by atoms with Crippen molar-refractivity contribution < 1.29 is 13.9 Å². The van der Waals surface area contributed by atoms with Crippen molar-refractivity contribution in [3.8, 4) is 5.75 Å². The molecule has 36 heavy (non-hydrogen) atoms. The third-order valence-corrected chi connectivity index (χ3v) is 7.70. The first-order valence-corrected chi connectivity index (χ1v) is 13.2. The third-order valence-electron chi connectivity index (χ3n) is 6.71. The van der Waals surface area contributed by atoms with Crippen LogP contribution in [0.5, 0.6) is 5.75 Å². The smallest absolute Gasteiger partial charge is 0.267 e. The minimum atomic E-state index is -0.260. The fourth-order valence-electron chi connectivity index (χ4n) is 4.71. The highest BCUT2D eigenvalue weighted by atomic mass is 32.2. The Labute approximate surface area is 215 Å². The first-order valence-electron chi connectivity index (χ1n) is 12.4. The Morgan fingerprint density at radius 1 is 1.00 bits per heavy atom. The van der Waals surface area contributed by atoms with Crippen molar-refractivity contribution in [2.45, 2.75) is 45.3 Å². The Morgan fingerprint density at radius 3 is 2.44 bits per heavy atom. The lowest BCUT2D eigenvalue weighted by atomic mass is 9.85. The maximum Gasteiger partial charge on any atom is 0.267 e. The first kappa shape index (κ1) is 24.3. The van der Waals surface area contributed by atoms with Gasteiger partial charge in [-0.3, -0.25) is 9.69 Å². The molecule has 1 aliphatic heterocycles. The van der Waals surface area contributed by atoms with Crippen molar-refractivity contribution in [1.82, 2.24) is 4.90 Å². The molecule has 1 heterocycles. The maximum absolute atomic E-state index is 13.6. The summed E-state index contributed by atoms with van der Waals surface area (Å²) in [6.45, 7) is 2.61. The van der Waals surface area contributed by atoms with Gasteiger partial charge in [0.1, 0.15) is 18.2 Å². The van der Waals surface area contributed by atoms with Crippen LogP contribution in [0.25, 0.3) is 6.08 Å². The van der Waals surface area contributed by atoms with Gasteiger partial charge in [-0.2, -0.15) is 0 Å². The Kier molecular flexibility index (Phi) is 7.52. The first-order chi connectivity index (χ1) is 17.6. The minimum Gasteiger partial charge on any atom is -0.489 e. The molecule has 2 fully saturated rings. The van der Waals surface area contributed by atoms with Gasteiger partial charge in [0, 0.05) is 6.04 Å². The molecule has 3 aromatic rings. The highest BCUT2D eigenvalue weighted by Crippen LogP contribution is 2.40. The molecular weight excluding hydrogens is 471 g/mol. The van der Waals surface area contributed by atoms with Gasteiger partial charge in [0.2, 0.25) is 0 Å². The fraction of sp³-hybridized carbons (Fsp3) is 0.267. The molecule has 1 aliphatic carbocycles. The van der Waals surface area contributed by atoms with Gasteiger partial charge < -0.3 is 4.74 Å². The van der Waals surface area contributed by atoms with E-state index in [0.717, 1.165) is 47.0 Å². The number of amides is 1. The Hall–Kier alpha value is -3.38. The van der Waals surface area contributed by atoms with Gasteiger partial charge in [-0.15, -0.1) is 0 Å². The van der Waals surface area contributed by atoms with Gasteiger partial charge in [-0.1, -0.05) is 62.2 Å². The quantitative estimate of drug-likeness (QED) is 0.328. The second-order valence-electron chi connectivity index (χ2n) is 9.33. The number of carbonyl (C=O) groups is 1.